The predicted octanol–water partition coefficient (Wildman–Crippen LogP) is 3.54. The molecule has 1 heterocycles. The van der Waals surface area contributed by atoms with Crippen molar-refractivity contribution in [3.63, 3.8) is 0 Å². The van der Waals surface area contributed by atoms with Gasteiger partial charge in [0.25, 0.3) is 0 Å². The van der Waals surface area contributed by atoms with Crippen LogP contribution in [0.5, 0.6) is 28.7 Å². The number of Topliss-reactive ketones (excluding diaryl/α,β-unsaturated/α-hetero) is 1. The maximum atomic E-state index is 12.6. The second-order valence-electron chi connectivity index (χ2n) is 6.74. The van der Waals surface area contributed by atoms with Crippen molar-refractivity contribution in [3.8, 4) is 28.7 Å². The van der Waals surface area contributed by atoms with Crippen LogP contribution in [0.15, 0.2) is 30.3 Å². The highest BCUT2D eigenvalue weighted by molar-refractivity contribution is 6.02. The Bertz CT molecular complexity index is 937. The molecular formula is C22H24O8. The van der Waals surface area contributed by atoms with Crippen LogP contribution in [0.4, 0.5) is 0 Å². The molecule has 0 radical (unpaired) electrons. The summed E-state index contributed by atoms with van der Waals surface area (Å²) in [4.78, 5) is 24.0. The van der Waals surface area contributed by atoms with Crippen LogP contribution < -0.4 is 14.2 Å². The van der Waals surface area contributed by atoms with E-state index in [1.165, 1.54) is 25.3 Å². The van der Waals surface area contributed by atoms with Gasteiger partial charge in [-0.1, -0.05) is 6.07 Å². The van der Waals surface area contributed by atoms with E-state index in [1.54, 1.807) is 19.1 Å². The largest absolute Gasteiger partial charge is 0.507 e. The van der Waals surface area contributed by atoms with Gasteiger partial charge in [0.1, 0.15) is 28.9 Å². The van der Waals surface area contributed by atoms with Crippen molar-refractivity contribution in [2.45, 2.75) is 32.3 Å². The molecule has 0 bridgehead atoms. The summed E-state index contributed by atoms with van der Waals surface area (Å²) in [5, 5.41) is 20.3. The average Bonchev–Trinajstić information content (AvgIpc) is 2.70. The van der Waals surface area contributed by atoms with Gasteiger partial charge < -0.3 is 29.2 Å². The normalized spacial score (nSPS) is 15.1. The molecule has 0 amide bonds. The zero-order valence-corrected chi connectivity index (χ0v) is 16.8. The molecule has 0 aliphatic carbocycles. The summed E-state index contributed by atoms with van der Waals surface area (Å²) < 4.78 is 21.4. The van der Waals surface area contributed by atoms with Gasteiger partial charge in [-0.05, 0) is 31.0 Å². The Morgan fingerprint density at radius 1 is 1.20 bits per heavy atom. The Labute approximate surface area is 173 Å². The number of esters is 1. The lowest BCUT2D eigenvalue weighted by Crippen LogP contribution is -2.20. The van der Waals surface area contributed by atoms with Gasteiger partial charge in [-0.2, -0.15) is 0 Å². The third kappa shape index (κ3) is 4.76. The van der Waals surface area contributed by atoms with Crippen molar-refractivity contribution >= 4 is 11.8 Å². The molecule has 0 spiro atoms. The molecule has 0 saturated carbocycles. The fourth-order valence-corrected chi connectivity index (χ4v) is 3.23. The zero-order valence-electron chi connectivity index (χ0n) is 16.8. The topological polar surface area (TPSA) is 112 Å². The van der Waals surface area contributed by atoms with Crippen LogP contribution in [-0.4, -0.2) is 42.3 Å². The lowest BCUT2D eigenvalue weighted by molar-refractivity contribution is -0.143. The quantitative estimate of drug-likeness (QED) is 0.497. The highest BCUT2D eigenvalue weighted by Crippen LogP contribution is 2.43. The van der Waals surface area contributed by atoms with E-state index in [0.29, 0.717) is 30.1 Å². The maximum absolute atomic E-state index is 12.6. The van der Waals surface area contributed by atoms with Crippen molar-refractivity contribution < 1.29 is 38.7 Å². The Balaban J connectivity index is 1.72. The Hall–Kier alpha value is -3.42. The van der Waals surface area contributed by atoms with Crippen LogP contribution in [-0.2, 0) is 9.53 Å². The van der Waals surface area contributed by atoms with E-state index in [1.807, 2.05) is 0 Å². The number of phenols is 2. The average molecular weight is 416 g/mol. The van der Waals surface area contributed by atoms with E-state index in [4.69, 9.17) is 18.9 Å². The number of carbonyl (C=O) groups excluding carboxylic acids is 2. The van der Waals surface area contributed by atoms with Crippen LogP contribution >= 0.6 is 0 Å². The SMILES string of the molecule is CCOC(=O)CCCOc1cc(O)c2c(c1)OC(c1ccc(OC)c(O)c1)CC2=O. The van der Waals surface area contributed by atoms with E-state index in [-0.39, 0.29) is 54.0 Å². The maximum Gasteiger partial charge on any atom is 0.305 e. The molecule has 0 saturated heterocycles. The summed E-state index contributed by atoms with van der Waals surface area (Å²) in [6.45, 7) is 2.31. The van der Waals surface area contributed by atoms with Gasteiger partial charge in [-0.15, -0.1) is 0 Å². The fourth-order valence-electron chi connectivity index (χ4n) is 3.23. The zero-order chi connectivity index (χ0) is 21.7. The minimum Gasteiger partial charge on any atom is -0.507 e. The molecule has 0 aromatic heterocycles. The lowest BCUT2D eigenvalue weighted by atomic mass is 9.95. The molecule has 160 valence electrons. The molecule has 1 unspecified atom stereocenters. The summed E-state index contributed by atoms with van der Waals surface area (Å²) in [7, 11) is 1.45. The van der Waals surface area contributed by atoms with E-state index in [9.17, 15) is 19.8 Å². The second-order valence-corrected chi connectivity index (χ2v) is 6.74. The van der Waals surface area contributed by atoms with Crippen molar-refractivity contribution in [2.75, 3.05) is 20.3 Å². The molecule has 30 heavy (non-hydrogen) atoms. The smallest absolute Gasteiger partial charge is 0.305 e. The Morgan fingerprint density at radius 3 is 2.70 bits per heavy atom. The summed E-state index contributed by atoms with van der Waals surface area (Å²) in [5.41, 5.74) is 0.704. The van der Waals surface area contributed by atoms with E-state index in [2.05, 4.69) is 0 Å². The summed E-state index contributed by atoms with van der Waals surface area (Å²) in [6, 6.07) is 7.67. The molecule has 3 rings (SSSR count). The highest BCUT2D eigenvalue weighted by atomic mass is 16.5. The number of fused-ring (bicyclic) bond motifs is 1. The molecular weight excluding hydrogens is 392 g/mol. The molecule has 8 heteroatoms. The molecule has 1 aliphatic rings. The fraction of sp³-hybridized carbons (Fsp3) is 0.364. The third-order valence-corrected chi connectivity index (χ3v) is 4.65. The number of rotatable bonds is 8. The minimum absolute atomic E-state index is 0.0199. The minimum atomic E-state index is -0.625. The van der Waals surface area contributed by atoms with Gasteiger partial charge in [0.2, 0.25) is 0 Å². The van der Waals surface area contributed by atoms with Crippen molar-refractivity contribution in [3.05, 3.63) is 41.5 Å². The molecule has 1 atom stereocenters. The van der Waals surface area contributed by atoms with Crippen molar-refractivity contribution in [2.24, 2.45) is 0 Å². The van der Waals surface area contributed by atoms with Crippen LogP contribution in [0, 0.1) is 0 Å². The van der Waals surface area contributed by atoms with Crippen molar-refractivity contribution in [1.29, 1.82) is 0 Å². The van der Waals surface area contributed by atoms with Crippen LogP contribution in [0.2, 0.25) is 0 Å². The number of hydrogen-bond donors (Lipinski definition) is 2. The molecule has 2 N–H and O–H groups in total. The number of phenolic OH excluding ortho intramolecular Hbond substituents is 2. The summed E-state index contributed by atoms with van der Waals surface area (Å²) in [6.07, 6.45) is 0.0688. The van der Waals surface area contributed by atoms with E-state index >= 15 is 0 Å². The van der Waals surface area contributed by atoms with Crippen LogP contribution in [0.3, 0.4) is 0 Å². The number of carbonyl (C=O) groups is 2. The van der Waals surface area contributed by atoms with Gasteiger partial charge in [-0.25, -0.2) is 0 Å². The summed E-state index contributed by atoms with van der Waals surface area (Å²) in [5.74, 6) is -0.0188. The number of ether oxygens (including phenoxy) is 4. The number of hydrogen-bond acceptors (Lipinski definition) is 8. The van der Waals surface area contributed by atoms with Gasteiger partial charge in [-0.3, -0.25) is 9.59 Å². The molecule has 8 nitrogen and oxygen atoms in total. The lowest BCUT2D eigenvalue weighted by Gasteiger charge is -2.26. The Morgan fingerprint density at radius 2 is 2.00 bits per heavy atom. The molecule has 2 aromatic rings. The summed E-state index contributed by atoms with van der Waals surface area (Å²) >= 11 is 0. The van der Waals surface area contributed by atoms with E-state index < -0.39 is 6.10 Å². The first-order chi connectivity index (χ1) is 14.4. The number of benzene rings is 2. The first-order valence-electron chi connectivity index (χ1n) is 9.65. The standard InChI is InChI=1S/C22H24O8/c1-3-28-21(26)5-4-8-29-14-10-16(24)22-17(25)12-19(30-20(22)11-14)13-6-7-18(27-2)15(23)9-13/h6-7,9-11,19,23-24H,3-5,8,12H2,1-2H3. The van der Waals surface area contributed by atoms with Gasteiger partial charge in [0.15, 0.2) is 17.3 Å². The third-order valence-electron chi connectivity index (χ3n) is 4.65. The molecule has 1 aliphatic heterocycles. The first kappa shape index (κ1) is 21.3. The van der Waals surface area contributed by atoms with Gasteiger partial charge in [0, 0.05) is 18.6 Å². The van der Waals surface area contributed by atoms with Crippen LogP contribution in [0.25, 0.3) is 0 Å². The highest BCUT2D eigenvalue weighted by Gasteiger charge is 2.31. The molecule has 2 aromatic carbocycles. The number of aromatic hydroxyl groups is 2. The second kappa shape index (κ2) is 9.39. The first-order valence-corrected chi connectivity index (χ1v) is 9.65. The van der Waals surface area contributed by atoms with Crippen LogP contribution in [0.1, 0.15) is 48.2 Å². The Kier molecular flexibility index (Phi) is 6.66. The van der Waals surface area contributed by atoms with E-state index in [0.717, 1.165) is 0 Å². The van der Waals surface area contributed by atoms with Gasteiger partial charge in [0.05, 0.1) is 26.7 Å². The van der Waals surface area contributed by atoms with Crippen molar-refractivity contribution in [1.82, 2.24) is 0 Å². The predicted molar refractivity (Wildman–Crippen MR) is 106 cm³/mol. The number of methoxy groups -OCH3 is 1. The monoisotopic (exact) mass is 416 g/mol. The number of ketones is 1. The van der Waals surface area contributed by atoms with Gasteiger partial charge >= 0.3 is 5.97 Å². The molecule has 0 fully saturated rings.